The van der Waals surface area contributed by atoms with Crippen molar-refractivity contribution in [1.29, 1.82) is 0 Å². The number of nitrogens with two attached hydrogens (primary N) is 1. The number of fused-ring (bicyclic) bond motifs is 2. The van der Waals surface area contributed by atoms with Crippen LogP contribution in [0, 0.1) is 0 Å². The molecule has 0 spiro atoms. The third kappa shape index (κ3) is 4.33. The number of benzene rings is 1. The molecule has 0 bridgehead atoms. The lowest BCUT2D eigenvalue weighted by atomic mass is 9.90. The average Bonchev–Trinajstić information content (AvgIpc) is 3.56. The highest BCUT2D eigenvalue weighted by Crippen LogP contribution is 2.37. The predicted octanol–water partition coefficient (Wildman–Crippen LogP) is 2.99. The second kappa shape index (κ2) is 9.85. The Kier molecular flexibility index (Phi) is 6.05. The molecule has 10 nitrogen and oxygen atoms in total. The number of nitrogens with zero attached hydrogens (tertiary/aromatic N) is 6. The Hall–Kier alpha value is -3.76. The number of rotatable bonds is 4. The molecule has 7 rings (SSSR count). The lowest BCUT2D eigenvalue weighted by Crippen LogP contribution is -2.49. The molecule has 38 heavy (non-hydrogen) atoms. The summed E-state index contributed by atoms with van der Waals surface area (Å²) < 4.78 is 8.26. The zero-order valence-corrected chi connectivity index (χ0v) is 21.3. The van der Waals surface area contributed by atoms with Gasteiger partial charge in [0.25, 0.3) is 6.02 Å². The van der Waals surface area contributed by atoms with E-state index >= 15 is 0 Å². The first-order valence-corrected chi connectivity index (χ1v) is 13.6. The molecule has 1 saturated carbocycles. The van der Waals surface area contributed by atoms with E-state index in [9.17, 15) is 0 Å². The van der Waals surface area contributed by atoms with Crippen molar-refractivity contribution in [3.63, 3.8) is 0 Å². The van der Waals surface area contributed by atoms with E-state index in [-0.39, 0.29) is 12.1 Å². The number of nitrogens with one attached hydrogen (secondary N) is 2. The normalized spacial score (nSPS) is 27.5. The Morgan fingerprint density at radius 1 is 1.00 bits per heavy atom. The number of amidine groups is 1. The molecule has 4 N–H and O–H groups in total. The standard InChI is InChI=1S/C28H33N9O/c29-26-24-25(18-6-11-22-23(16-18)38-28(34-22)33-19-4-2-1-3-5-19)35-37(27(24)32-17-31-26)21-9-7-20(8-10-21)36-14-12-30-13-15-36/h1-6,11,16-17,20-23,30H,7-10,12-15H2,(H,33,34)(H2,29,31,32). The van der Waals surface area contributed by atoms with Crippen LogP contribution < -0.4 is 16.4 Å². The van der Waals surface area contributed by atoms with Gasteiger partial charge in [0.15, 0.2) is 5.65 Å². The van der Waals surface area contributed by atoms with Crippen molar-refractivity contribution < 1.29 is 4.74 Å². The number of hydrogen-bond acceptors (Lipinski definition) is 9. The third-order valence-corrected chi connectivity index (χ3v) is 8.16. The van der Waals surface area contributed by atoms with Crippen LogP contribution in [-0.2, 0) is 4.74 Å². The fourth-order valence-corrected chi connectivity index (χ4v) is 6.19. The van der Waals surface area contributed by atoms with Gasteiger partial charge in [-0.05, 0) is 43.9 Å². The van der Waals surface area contributed by atoms with Gasteiger partial charge in [0, 0.05) is 43.5 Å². The summed E-state index contributed by atoms with van der Waals surface area (Å²) in [4.78, 5) is 16.3. The summed E-state index contributed by atoms with van der Waals surface area (Å²) >= 11 is 0. The van der Waals surface area contributed by atoms with E-state index in [1.165, 1.54) is 12.8 Å². The molecule has 1 saturated heterocycles. The number of hydrogen-bond donors (Lipinski definition) is 3. The lowest BCUT2D eigenvalue weighted by Gasteiger charge is -2.39. The maximum absolute atomic E-state index is 6.41. The first-order chi connectivity index (χ1) is 18.7. The van der Waals surface area contributed by atoms with Gasteiger partial charge in [-0.2, -0.15) is 5.10 Å². The molecule has 2 unspecified atom stereocenters. The van der Waals surface area contributed by atoms with E-state index in [4.69, 9.17) is 20.6 Å². The molecule has 0 amide bonds. The minimum absolute atomic E-state index is 0.0767. The Bertz CT molecular complexity index is 1400. The molecule has 2 aliphatic carbocycles. The molecular weight excluding hydrogens is 478 g/mol. The number of nitrogen functional groups attached to an aromatic ring is 1. The summed E-state index contributed by atoms with van der Waals surface area (Å²) in [5.41, 5.74) is 9.93. The topological polar surface area (TPSA) is 119 Å². The van der Waals surface area contributed by atoms with Crippen molar-refractivity contribution in [3.8, 4) is 0 Å². The lowest BCUT2D eigenvalue weighted by molar-refractivity contribution is 0.121. The summed E-state index contributed by atoms with van der Waals surface area (Å²) in [5.74, 6) is 0.456. The highest BCUT2D eigenvalue weighted by molar-refractivity contribution is 5.98. The van der Waals surface area contributed by atoms with E-state index in [1.54, 1.807) is 6.33 Å². The van der Waals surface area contributed by atoms with Crippen molar-refractivity contribution in [1.82, 2.24) is 30.0 Å². The van der Waals surface area contributed by atoms with E-state index in [2.05, 4.69) is 48.4 Å². The minimum atomic E-state index is -0.207. The van der Waals surface area contributed by atoms with Crippen molar-refractivity contribution in [2.24, 2.45) is 4.99 Å². The molecule has 10 heteroatoms. The van der Waals surface area contributed by atoms with Crippen LogP contribution in [-0.4, -0.2) is 75.0 Å². The molecule has 1 aromatic carbocycles. The quantitative estimate of drug-likeness (QED) is 0.489. The molecule has 196 valence electrons. The number of anilines is 2. The summed E-state index contributed by atoms with van der Waals surface area (Å²) in [6.45, 7) is 4.47. The minimum Gasteiger partial charge on any atom is -0.455 e. The maximum atomic E-state index is 6.41. The van der Waals surface area contributed by atoms with Gasteiger partial charge in [-0.25, -0.2) is 19.6 Å². The van der Waals surface area contributed by atoms with Crippen LogP contribution in [0.4, 0.5) is 11.5 Å². The summed E-state index contributed by atoms with van der Waals surface area (Å²) in [7, 11) is 0. The van der Waals surface area contributed by atoms with Crippen LogP contribution in [0.5, 0.6) is 0 Å². The monoisotopic (exact) mass is 511 g/mol. The number of allylic oxidation sites excluding steroid dienone is 2. The highest BCUT2D eigenvalue weighted by Gasteiger charge is 2.33. The molecule has 3 aromatic rings. The first kappa shape index (κ1) is 23.4. The van der Waals surface area contributed by atoms with Crippen LogP contribution >= 0.6 is 0 Å². The Morgan fingerprint density at radius 2 is 1.79 bits per heavy atom. The molecule has 2 aliphatic heterocycles. The first-order valence-electron chi connectivity index (χ1n) is 13.6. The Balaban J connectivity index is 1.13. The maximum Gasteiger partial charge on any atom is 0.290 e. The van der Waals surface area contributed by atoms with Crippen molar-refractivity contribution >= 4 is 34.1 Å². The fourth-order valence-electron chi connectivity index (χ4n) is 6.19. The van der Waals surface area contributed by atoms with Gasteiger partial charge < -0.3 is 21.1 Å². The largest absolute Gasteiger partial charge is 0.455 e. The Labute approximate surface area is 221 Å². The van der Waals surface area contributed by atoms with Crippen molar-refractivity contribution in [2.45, 2.75) is 49.9 Å². The summed E-state index contributed by atoms with van der Waals surface area (Å²) in [5, 5.41) is 12.7. The van der Waals surface area contributed by atoms with Gasteiger partial charge in [0.05, 0.1) is 11.4 Å². The van der Waals surface area contributed by atoms with Crippen LogP contribution in [0.3, 0.4) is 0 Å². The van der Waals surface area contributed by atoms with Gasteiger partial charge in [0.1, 0.15) is 30.0 Å². The molecular formula is C28H33N9O. The number of para-hydroxylation sites is 1. The molecule has 2 aromatic heterocycles. The van der Waals surface area contributed by atoms with Gasteiger partial charge in [0.2, 0.25) is 0 Å². The predicted molar refractivity (Wildman–Crippen MR) is 149 cm³/mol. The molecule has 2 atom stereocenters. The summed E-state index contributed by atoms with van der Waals surface area (Å²) in [6, 6.07) is 11.3. The number of aliphatic imine (C=N–C) groups is 1. The van der Waals surface area contributed by atoms with Gasteiger partial charge in [-0.15, -0.1) is 0 Å². The zero-order chi connectivity index (χ0) is 25.5. The third-order valence-electron chi connectivity index (χ3n) is 8.16. The van der Waals surface area contributed by atoms with Crippen LogP contribution in [0.25, 0.3) is 16.6 Å². The molecule has 2 fully saturated rings. The van der Waals surface area contributed by atoms with Crippen LogP contribution in [0.15, 0.2) is 59.9 Å². The number of aromatic nitrogens is 4. The number of ether oxygens (including phenoxy) is 1. The molecule has 0 radical (unpaired) electrons. The molecule has 4 heterocycles. The summed E-state index contributed by atoms with van der Waals surface area (Å²) in [6.07, 6.45) is 12.1. The van der Waals surface area contributed by atoms with E-state index in [1.807, 2.05) is 30.3 Å². The Morgan fingerprint density at radius 3 is 2.61 bits per heavy atom. The second-order valence-electron chi connectivity index (χ2n) is 10.5. The van der Waals surface area contributed by atoms with E-state index in [0.717, 1.165) is 67.0 Å². The van der Waals surface area contributed by atoms with Crippen LogP contribution in [0.1, 0.15) is 37.4 Å². The SMILES string of the molecule is Nc1ncnc2c1c(C1=CC3OC(Nc4ccccc4)=NC3C=C1)nn2C1CCC(N2CCNCC2)CC1. The average molecular weight is 512 g/mol. The van der Waals surface area contributed by atoms with Gasteiger partial charge >= 0.3 is 0 Å². The van der Waals surface area contributed by atoms with E-state index < -0.39 is 0 Å². The fraction of sp³-hybridized carbons (Fsp3) is 0.429. The van der Waals surface area contributed by atoms with Crippen LogP contribution in [0.2, 0.25) is 0 Å². The molecule has 4 aliphatic rings. The number of piperazine rings is 1. The van der Waals surface area contributed by atoms with E-state index in [0.29, 0.717) is 23.9 Å². The second-order valence-corrected chi connectivity index (χ2v) is 10.5. The van der Waals surface area contributed by atoms with Gasteiger partial charge in [-0.3, -0.25) is 4.90 Å². The van der Waals surface area contributed by atoms with Crippen molar-refractivity contribution in [2.75, 3.05) is 37.2 Å². The highest BCUT2D eigenvalue weighted by atomic mass is 16.5. The zero-order valence-electron chi connectivity index (χ0n) is 21.3. The van der Waals surface area contributed by atoms with Crippen molar-refractivity contribution in [3.05, 3.63) is 60.6 Å². The smallest absolute Gasteiger partial charge is 0.290 e. The van der Waals surface area contributed by atoms with Gasteiger partial charge in [-0.1, -0.05) is 30.4 Å².